The first kappa shape index (κ1) is 17.6. The lowest BCUT2D eigenvalue weighted by molar-refractivity contribution is -0.120. The first-order valence-corrected chi connectivity index (χ1v) is 7.86. The summed E-state index contributed by atoms with van der Waals surface area (Å²) in [4.78, 5) is 23.8. The maximum Gasteiger partial charge on any atom is 0.318 e. The van der Waals surface area contributed by atoms with Gasteiger partial charge in [-0.15, -0.1) is 11.8 Å². The maximum atomic E-state index is 12.0. The highest BCUT2D eigenvalue weighted by atomic mass is 32.2. The number of hydrogen-bond donors (Lipinski definition) is 2. The number of amides is 3. The molecule has 0 spiro atoms. The Bertz CT molecular complexity index is 504. The van der Waals surface area contributed by atoms with E-state index in [2.05, 4.69) is 38.2 Å². The molecule has 1 atom stereocenters. The molecule has 0 aliphatic rings. The van der Waals surface area contributed by atoms with Crippen molar-refractivity contribution in [3.05, 3.63) is 29.8 Å². The van der Waals surface area contributed by atoms with Gasteiger partial charge in [0.2, 0.25) is 5.91 Å². The average molecular weight is 308 g/mol. The number of carbonyl (C=O) groups is 2. The van der Waals surface area contributed by atoms with Gasteiger partial charge in [-0.1, -0.05) is 46.8 Å². The van der Waals surface area contributed by atoms with E-state index in [1.807, 2.05) is 26.0 Å². The third-order valence-corrected chi connectivity index (χ3v) is 4.65. The van der Waals surface area contributed by atoms with Crippen molar-refractivity contribution >= 4 is 23.7 Å². The van der Waals surface area contributed by atoms with Crippen molar-refractivity contribution in [3.63, 3.8) is 0 Å². The number of thioether (sulfide) groups is 1. The largest absolute Gasteiger partial charge is 0.351 e. The minimum absolute atomic E-state index is 0.0941. The van der Waals surface area contributed by atoms with E-state index in [4.69, 9.17) is 5.73 Å². The zero-order chi connectivity index (χ0) is 16.2. The first-order valence-electron chi connectivity index (χ1n) is 6.98. The van der Waals surface area contributed by atoms with Crippen molar-refractivity contribution in [2.45, 2.75) is 50.2 Å². The van der Waals surface area contributed by atoms with Crippen LogP contribution in [-0.2, 0) is 10.2 Å². The van der Waals surface area contributed by atoms with Gasteiger partial charge in [-0.2, -0.15) is 0 Å². The van der Waals surface area contributed by atoms with Crippen LogP contribution in [0.3, 0.4) is 0 Å². The Kier molecular flexibility index (Phi) is 5.84. The molecule has 0 saturated carbocycles. The Morgan fingerprint density at radius 3 is 2.05 bits per heavy atom. The third kappa shape index (κ3) is 5.42. The number of rotatable bonds is 4. The minimum Gasteiger partial charge on any atom is -0.351 e. The highest BCUT2D eigenvalue weighted by Gasteiger charge is 2.24. The van der Waals surface area contributed by atoms with Crippen molar-refractivity contribution in [2.24, 2.45) is 11.7 Å². The fourth-order valence-electron chi connectivity index (χ4n) is 1.87. The Morgan fingerprint density at radius 1 is 1.14 bits per heavy atom. The number of carbonyl (C=O) groups excluding carboxylic acids is 2. The summed E-state index contributed by atoms with van der Waals surface area (Å²) in [5.41, 5.74) is 6.36. The van der Waals surface area contributed by atoms with Gasteiger partial charge >= 0.3 is 6.03 Å². The van der Waals surface area contributed by atoms with Crippen molar-refractivity contribution in [1.29, 1.82) is 0 Å². The van der Waals surface area contributed by atoms with Gasteiger partial charge in [0.1, 0.15) is 0 Å². The second kappa shape index (κ2) is 6.98. The zero-order valence-corrected chi connectivity index (χ0v) is 14.1. The molecule has 0 aromatic heterocycles. The molecule has 0 aliphatic heterocycles. The van der Waals surface area contributed by atoms with Crippen LogP contribution in [0.4, 0.5) is 4.79 Å². The molecular weight excluding hydrogens is 284 g/mol. The molecule has 5 heteroatoms. The van der Waals surface area contributed by atoms with Gasteiger partial charge in [0.05, 0.1) is 5.25 Å². The molecular formula is C16H24N2O2S. The van der Waals surface area contributed by atoms with E-state index < -0.39 is 6.03 Å². The second-order valence-corrected chi connectivity index (χ2v) is 7.63. The average Bonchev–Trinajstić information content (AvgIpc) is 2.34. The van der Waals surface area contributed by atoms with E-state index in [1.54, 1.807) is 0 Å². The molecule has 116 valence electrons. The van der Waals surface area contributed by atoms with Crippen molar-refractivity contribution in [2.75, 3.05) is 0 Å². The van der Waals surface area contributed by atoms with Crippen molar-refractivity contribution < 1.29 is 9.59 Å². The van der Waals surface area contributed by atoms with Gasteiger partial charge in [0.15, 0.2) is 0 Å². The topological polar surface area (TPSA) is 72.2 Å². The van der Waals surface area contributed by atoms with Crippen LogP contribution < -0.4 is 11.1 Å². The molecule has 0 saturated heterocycles. The van der Waals surface area contributed by atoms with Crippen LogP contribution in [-0.4, -0.2) is 17.2 Å². The van der Waals surface area contributed by atoms with Crippen LogP contribution in [0.1, 0.15) is 40.2 Å². The summed E-state index contributed by atoms with van der Waals surface area (Å²) < 4.78 is 0. The molecule has 21 heavy (non-hydrogen) atoms. The molecule has 3 N–H and O–H groups in total. The molecule has 3 amide bonds. The molecule has 0 radical (unpaired) electrons. The number of nitrogens with one attached hydrogen (secondary N) is 1. The summed E-state index contributed by atoms with van der Waals surface area (Å²) >= 11 is 1.45. The van der Waals surface area contributed by atoms with Gasteiger partial charge in [0.25, 0.3) is 0 Å². The molecule has 0 bridgehead atoms. The Morgan fingerprint density at radius 2 is 1.67 bits per heavy atom. The lowest BCUT2D eigenvalue weighted by atomic mass is 9.87. The van der Waals surface area contributed by atoms with Crippen LogP contribution in [0.25, 0.3) is 0 Å². The van der Waals surface area contributed by atoms with Gasteiger partial charge in [-0.3, -0.25) is 10.1 Å². The number of hydrogen-bond acceptors (Lipinski definition) is 3. The molecule has 0 heterocycles. The van der Waals surface area contributed by atoms with E-state index in [-0.39, 0.29) is 22.5 Å². The molecule has 0 unspecified atom stereocenters. The molecule has 0 aliphatic carbocycles. The standard InChI is InChI=1S/C16H24N2O2S/c1-10(2)13(14(19)18-15(17)20)21-12-8-6-11(7-9-12)16(3,4)5/h6-10,13H,1-5H3,(H3,17,18,19,20)/t13-/m1/s1. The van der Waals surface area contributed by atoms with Crippen LogP contribution >= 0.6 is 11.8 Å². The van der Waals surface area contributed by atoms with Crippen LogP contribution in [0.2, 0.25) is 0 Å². The first-order chi connectivity index (χ1) is 9.61. The van der Waals surface area contributed by atoms with E-state index in [0.717, 1.165) is 4.90 Å². The normalized spacial score (nSPS) is 13.0. The summed E-state index contributed by atoms with van der Waals surface area (Å²) in [7, 11) is 0. The summed E-state index contributed by atoms with van der Waals surface area (Å²) in [6.07, 6.45) is 0. The lowest BCUT2D eigenvalue weighted by Crippen LogP contribution is -2.42. The monoisotopic (exact) mass is 308 g/mol. The van der Waals surface area contributed by atoms with E-state index >= 15 is 0 Å². The summed E-state index contributed by atoms with van der Waals surface area (Å²) in [6.45, 7) is 10.4. The predicted molar refractivity (Wildman–Crippen MR) is 87.4 cm³/mol. The van der Waals surface area contributed by atoms with Crippen LogP contribution in [0.5, 0.6) is 0 Å². The molecule has 0 fully saturated rings. The van der Waals surface area contributed by atoms with E-state index in [1.165, 1.54) is 17.3 Å². The number of imide groups is 1. The predicted octanol–water partition coefficient (Wildman–Crippen LogP) is 3.30. The molecule has 1 rings (SSSR count). The smallest absolute Gasteiger partial charge is 0.318 e. The van der Waals surface area contributed by atoms with Gasteiger partial charge in [0, 0.05) is 4.90 Å². The van der Waals surface area contributed by atoms with E-state index in [9.17, 15) is 9.59 Å². The van der Waals surface area contributed by atoms with E-state index in [0.29, 0.717) is 0 Å². The highest BCUT2D eigenvalue weighted by molar-refractivity contribution is 8.00. The number of nitrogens with two attached hydrogens (primary N) is 1. The quantitative estimate of drug-likeness (QED) is 0.838. The molecule has 1 aromatic carbocycles. The summed E-state index contributed by atoms with van der Waals surface area (Å²) in [5, 5.41) is 1.81. The summed E-state index contributed by atoms with van der Waals surface area (Å²) in [5.74, 6) is -0.251. The third-order valence-electron chi connectivity index (χ3n) is 3.09. The Balaban J connectivity index is 2.85. The summed E-state index contributed by atoms with van der Waals surface area (Å²) in [6, 6.07) is 7.36. The van der Waals surface area contributed by atoms with Gasteiger partial charge < -0.3 is 5.73 Å². The number of benzene rings is 1. The number of primary amides is 1. The van der Waals surface area contributed by atoms with Gasteiger partial charge in [-0.05, 0) is 29.0 Å². The van der Waals surface area contributed by atoms with Crippen molar-refractivity contribution in [3.8, 4) is 0 Å². The Labute approximate surface area is 130 Å². The SMILES string of the molecule is CC(C)[C@@H](Sc1ccc(C(C)(C)C)cc1)C(=O)NC(N)=O. The van der Waals surface area contributed by atoms with Crippen LogP contribution in [0.15, 0.2) is 29.2 Å². The molecule has 4 nitrogen and oxygen atoms in total. The van der Waals surface area contributed by atoms with Gasteiger partial charge in [-0.25, -0.2) is 4.79 Å². The minimum atomic E-state index is -0.811. The Hall–Kier alpha value is -1.49. The fraction of sp³-hybridized carbons (Fsp3) is 0.500. The molecule has 1 aromatic rings. The fourth-order valence-corrected chi connectivity index (χ4v) is 2.89. The van der Waals surface area contributed by atoms with Crippen LogP contribution in [0, 0.1) is 5.92 Å². The maximum absolute atomic E-state index is 12.0. The lowest BCUT2D eigenvalue weighted by Gasteiger charge is -2.21. The van der Waals surface area contributed by atoms with Crippen molar-refractivity contribution in [1.82, 2.24) is 5.32 Å². The zero-order valence-electron chi connectivity index (χ0n) is 13.3. The number of urea groups is 1. The second-order valence-electron chi connectivity index (χ2n) is 6.41. The highest BCUT2D eigenvalue weighted by Crippen LogP contribution is 2.30.